The van der Waals surface area contributed by atoms with E-state index in [0.29, 0.717) is 0 Å². The maximum absolute atomic E-state index is 11.3. The van der Waals surface area contributed by atoms with Gasteiger partial charge in [-0.2, -0.15) is 0 Å². The van der Waals surface area contributed by atoms with Crippen molar-refractivity contribution in [2.45, 2.75) is 84.7 Å². The first-order valence-electron chi connectivity index (χ1n) is 13.0. The fraction of sp³-hybridized carbons (Fsp3) is 0.406. The summed E-state index contributed by atoms with van der Waals surface area (Å²) in [7, 11) is 0. The molecule has 3 aromatic rings. The Labute approximate surface area is 206 Å². The predicted octanol–water partition coefficient (Wildman–Crippen LogP) is 9.33. The van der Waals surface area contributed by atoms with Crippen molar-refractivity contribution in [3.63, 3.8) is 0 Å². The van der Waals surface area contributed by atoms with Gasteiger partial charge < -0.3 is 4.74 Å². The van der Waals surface area contributed by atoms with Crippen molar-refractivity contribution >= 4 is 5.97 Å². The zero-order valence-corrected chi connectivity index (χ0v) is 21.2. The molecular formula is C32H40O2. The fourth-order valence-corrected chi connectivity index (χ4v) is 4.55. The van der Waals surface area contributed by atoms with Gasteiger partial charge in [-0.05, 0) is 53.1 Å². The highest BCUT2D eigenvalue weighted by Crippen LogP contribution is 2.33. The molecule has 0 bridgehead atoms. The number of aryl methyl sites for hydroxylation is 1. The van der Waals surface area contributed by atoms with Gasteiger partial charge in [0.25, 0.3) is 0 Å². The molecule has 180 valence electrons. The first-order chi connectivity index (χ1) is 16.6. The summed E-state index contributed by atoms with van der Waals surface area (Å²) >= 11 is 0. The first-order valence-corrected chi connectivity index (χ1v) is 13.0. The molecule has 2 heteroatoms. The normalized spacial score (nSPS) is 11.9. The Kier molecular flexibility index (Phi) is 10.4. The van der Waals surface area contributed by atoms with Gasteiger partial charge in [0.2, 0.25) is 0 Å². The summed E-state index contributed by atoms with van der Waals surface area (Å²) in [6.45, 7) is 5.62. The van der Waals surface area contributed by atoms with Gasteiger partial charge in [-0.15, -0.1) is 0 Å². The molecule has 0 N–H and O–H groups in total. The highest BCUT2D eigenvalue weighted by molar-refractivity contribution is 5.83. The second-order valence-electron chi connectivity index (χ2n) is 9.34. The summed E-state index contributed by atoms with van der Waals surface area (Å²) in [5.74, 6) is -0.257. The Morgan fingerprint density at radius 2 is 1.21 bits per heavy atom. The lowest BCUT2D eigenvalue weighted by atomic mass is 9.93. The summed E-state index contributed by atoms with van der Waals surface area (Å²) in [6, 6.07) is 26.0. The van der Waals surface area contributed by atoms with Crippen LogP contribution in [-0.2, 0) is 16.0 Å². The fourth-order valence-electron chi connectivity index (χ4n) is 4.55. The Morgan fingerprint density at radius 1 is 0.706 bits per heavy atom. The lowest BCUT2D eigenvalue weighted by molar-refractivity contribution is -0.145. The minimum Gasteiger partial charge on any atom is -0.458 e. The summed E-state index contributed by atoms with van der Waals surface area (Å²) in [6.07, 6.45) is 11.8. The van der Waals surface area contributed by atoms with Gasteiger partial charge in [-0.3, -0.25) is 4.79 Å². The van der Waals surface area contributed by atoms with Crippen molar-refractivity contribution in [1.29, 1.82) is 0 Å². The zero-order chi connectivity index (χ0) is 24.2. The van der Waals surface area contributed by atoms with Crippen LogP contribution < -0.4 is 0 Å². The van der Waals surface area contributed by atoms with Crippen LogP contribution in [0.25, 0.3) is 22.3 Å². The first kappa shape index (κ1) is 25.7. The maximum Gasteiger partial charge on any atom is 0.303 e. The molecule has 0 spiro atoms. The van der Waals surface area contributed by atoms with Gasteiger partial charge >= 0.3 is 5.97 Å². The van der Waals surface area contributed by atoms with Crippen molar-refractivity contribution in [1.82, 2.24) is 0 Å². The molecule has 0 saturated carbocycles. The topological polar surface area (TPSA) is 26.3 Å². The van der Waals surface area contributed by atoms with E-state index in [9.17, 15) is 4.79 Å². The standard InChI is InChI=1S/C32H40O2/c1-4-5-6-7-8-9-10-11-14-27-17-19-29(20-18-27)31-15-12-13-16-32(31)30-23-21-28(22-24-30)25(2)34-26(3)33/h12-13,15-25H,4-11,14H2,1-3H3. The van der Waals surface area contributed by atoms with E-state index in [-0.39, 0.29) is 12.1 Å². The number of hydrogen-bond donors (Lipinski definition) is 0. The molecule has 0 aliphatic carbocycles. The molecule has 0 fully saturated rings. The van der Waals surface area contributed by atoms with E-state index >= 15 is 0 Å². The van der Waals surface area contributed by atoms with E-state index in [4.69, 9.17) is 4.74 Å². The molecule has 0 amide bonds. The molecule has 1 unspecified atom stereocenters. The molecule has 0 radical (unpaired) electrons. The Hall–Kier alpha value is -2.87. The average Bonchev–Trinajstić information content (AvgIpc) is 2.86. The highest BCUT2D eigenvalue weighted by atomic mass is 16.5. The van der Waals surface area contributed by atoms with Gasteiger partial charge in [0, 0.05) is 6.92 Å². The molecule has 0 aliphatic heterocycles. The van der Waals surface area contributed by atoms with Crippen molar-refractivity contribution in [2.75, 3.05) is 0 Å². The van der Waals surface area contributed by atoms with E-state index in [1.54, 1.807) is 0 Å². The SMILES string of the molecule is CCCCCCCCCCc1ccc(-c2ccccc2-c2ccc(C(C)OC(C)=O)cc2)cc1. The van der Waals surface area contributed by atoms with Crippen LogP contribution in [0, 0.1) is 0 Å². The molecule has 2 nitrogen and oxygen atoms in total. The van der Waals surface area contributed by atoms with Crippen LogP contribution in [0.2, 0.25) is 0 Å². The third kappa shape index (κ3) is 7.87. The monoisotopic (exact) mass is 456 g/mol. The van der Waals surface area contributed by atoms with Crippen LogP contribution >= 0.6 is 0 Å². The number of ether oxygens (including phenoxy) is 1. The van der Waals surface area contributed by atoms with Gasteiger partial charge in [-0.25, -0.2) is 0 Å². The maximum atomic E-state index is 11.3. The number of hydrogen-bond acceptors (Lipinski definition) is 2. The second-order valence-corrected chi connectivity index (χ2v) is 9.34. The van der Waals surface area contributed by atoms with E-state index in [1.165, 1.54) is 87.0 Å². The van der Waals surface area contributed by atoms with Crippen LogP contribution in [0.1, 0.15) is 89.4 Å². The second kappa shape index (κ2) is 13.7. The number of benzene rings is 3. The quantitative estimate of drug-likeness (QED) is 0.189. The summed E-state index contributed by atoms with van der Waals surface area (Å²) in [4.78, 5) is 11.3. The number of esters is 1. The molecule has 1 atom stereocenters. The largest absolute Gasteiger partial charge is 0.458 e. The third-order valence-electron chi connectivity index (χ3n) is 6.54. The van der Waals surface area contributed by atoms with E-state index in [2.05, 4.69) is 67.6 Å². The number of carbonyl (C=O) groups excluding carboxylic acids is 1. The predicted molar refractivity (Wildman–Crippen MR) is 144 cm³/mol. The smallest absolute Gasteiger partial charge is 0.303 e. The molecule has 0 saturated heterocycles. The molecule has 0 aromatic heterocycles. The minimum absolute atomic E-state index is 0.240. The van der Waals surface area contributed by atoms with Crippen LogP contribution in [-0.4, -0.2) is 5.97 Å². The number of unbranched alkanes of at least 4 members (excludes halogenated alkanes) is 7. The Bertz CT molecular complexity index is 1000. The van der Waals surface area contributed by atoms with Gasteiger partial charge in [-0.1, -0.05) is 125 Å². The van der Waals surface area contributed by atoms with Crippen LogP contribution in [0.3, 0.4) is 0 Å². The van der Waals surface area contributed by atoms with Gasteiger partial charge in [0.1, 0.15) is 6.10 Å². The van der Waals surface area contributed by atoms with Gasteiger partial charge in [0.15, 0.2) is 0 Å². The third-order valence-corrected chi connectivity index (χ3v) is 6.54. The molecule has 0 heterocycles. The Balaban J connectivity index is 1.60. The molecule has 34 heavy (non-hydrogen) atoms. The van der Waals surface area contributed by atoms with E-state index in [0.717, 1.165) is 11.1 Å². The highest BCUT2D eigenvalue weighted by Gasteiger charge is 2.11. The minimum atomic E-state index is -0.257. The average molecular weight is 457 g/mol. The van der Waals surface area contributed by atoms with E-state index in [1.807, 2.05) is 19.1 Å². The van der Waals surface area contributed by atoms with Crippen LogP contribution in [0.4, 0.5) is 0 Å². The van der Waals surface area contributed by atoms with Crippen molar-refractivity contribution in [2.24, 2.45) is 0 Å². The summed E-state index contributed by atoms with van der Waals surface area (Å²) in [5.41, 5.74) is 7.29. The molecular weight excluding hydrogens is 416 g/mol. The van der Waals surface area contributed by atoms with Crippen molar-refractivity contribution < 1.29 is 9.53 Å². The Morgan fingerprint density at radius 3 is 1.74 bits per heavy atom. The molecule has 0 aliphatic rings. The number of rotatable bonds is 13. The lowest BCUT2D eigenvalue weighted by Crippen LogP contribution is -2.04. The van der Waals surface area contributed by atoms with Crippen molar-refractivity contribution in [3.8, 4) is 22.3 Å². The van der Waals surface area contributed by atoms with Gasteiger partial charge in [0.05, 0.1) is 0 Å². The van der Waals surface area contributed by atoms with Crippen LogP contribution in [0.5, 0.6) is 0 Å². The van der Waals surface area contributed by atoms with E-state index < -0.39 is 0 Å². The summed E-state index contributed by atoms with van der Waals surface area (Å²) in [5, 5.41) is 0. The van der Waals surface area contributed by atoms with Crippen molar-refractivity contribution in [3.05, 3.63) is 83.9 Å². The number of carbonyl (C=O) groups is 1. The lowest BCUT2D eigenvalue weighted by Gasteiger charge is -2.14. The molecule has 3 rings (SSSR count). The van der Waals surface area contributed by atoms with Crippen LogP contribution in [0.15, 0.2) is 72.8 Å². The zero-order valence-electron chi connectivity index (χ0n) is 21.2. The summed E-state index contributed by atoms with van der Waals surface area (Å²) < 4.78 is 5.31. The molecule has 3 aromatic carbocycles.